The van der Waals surface area contributed by atoms with Crippen molar-refractivity contribution in [3.63, 3.8) is 0 Å². The third-order valence-corrected chi connectivity index (χ3v) is 4.88. The first-order valence-corrected chi connectivity index (χ1v) is 8.60. The van der Waals surface area contributed by atoms with E-state index in [9.17, 15) is 8.78 Å². The number of fused-ring (bicyclic) bond motifs is 1. The van der Waals surface area contributed by atoms with Gasteiger partial charge in [-0.25, -0.2) is 23.7 Å². The van der Waals surface area contributed by atoms with Crippen molar-refractivity contribution in [1.29, 1.82) is 0 Å². The summed E-state index contributed by atoms with van der Waals surface area (Å²) in [6, 6.07) is 7.15. The lowest BCUT2D eigenvalue weighted by atomic mass is 10.2. The Balaban J connectivity index is 1.93. The van der Waals surface area contributed by atoms with Crippen LogP contribution < -0.4 is 4.90 Å². The molecule has 0 aliphatic rings. The molecule has 0 spiro atoms. The van der Waals surface area contributed by atoms with Gasteiger partial charge in [0.1, 0.15) is 16.9 Å². The maximum Gasteiger partial charge on any atom is 0.297 e. The minimum Gasteiger partial charge on any atom is -0.375 e. The van der Waals surface area contributed by atoms with Gasteiger partial charge in [-0.3, -0.25) is 0 Å². The summed E-state index contributed by atoms with van der Waals surface area (Å²) in [5.74, 6) is 0.00256. The average Bonchev–Trinajstić information content (AvgIpc) is 3.08. The zero-order chi connectivity index (χ0) is 18.0. The van der Waals surface area contributed by atoms with Crippen LogP contribution in [0.1, 0.15) is 36.0 Å². The molecule has 2 aromatic heterocycles. The van der Waals surface area contributed by atoms with E-state index >= 15 is 0 Å². The lowest BCUT2D eigenvalue weighted by Gasteiger charge is -2.19. The van der Waals surface area contributed by atoms with Crippen molar-refractivity contribution in [2.45, 2.75) is 26.0 Å². The highest BCUT2D eigenvalue weighted by atomic mass is 32.1. The van der Waals surface area contributed by atoms with E-state index in [1.165, 1.54) is 11.3 Å². The largest absolute Gasteiger partial charge is 0.375 e. The Morgan fingerprint density at radius 2 is 1.96 bits per heavy atom. The number of rotatable bonds is 6. The number of hydrogen-bond donors (Lipinski definition) is 0. The van der Waals surface area contributed by atoms with Crippen molar-refractivity contribution in [2.75, 3.05) is 19.1 Å². The molecular weight excluding hydrogens is 346 g/mol. The maximum absolute atomic E-state index is 13.1. The fourth-order valence-electron chi connectivity index (χ4n) is 2.47. The monoisotopic (exact) mass is 364 g/mol. The van der Waals surface area contributed by atoms with E-state index < -0.39 is 12.2 Å². The number of aromatic nitrogens is 3. The van der Waals surface area contributed by atoms with E-state index in [1.807, 2.05) is 36.4 Å². The molecule has 0 bridgehead atoms. The smallest absolute Gasteiger partial charge is 0.297 e. The van der Waals surface area contributed by atoms with Gasteiger partial charge in [0.15, 0.2) is 5.82 Å². The molecule has 5 nitrogen and oxygen atoms in total. The van der Waals surface area contributed by atoms with Gasteiger partial charge in [0, 0.05) is 24.9 Å². The second kappa shape index (κ2) is 7.37. The van der Waals surface area contributed by atoms with Crippen LogP contribution in [0.3, 0.4) is 0 Å². The number of hydrogen-bond acceptors (Lipinski definition) is 6. The van der Waals surface area contributed by atoms with Crippen LogP contribution in [0.5, 0.6) is 0 Å². The first kappa shape index (κ1) is 17.6. The minimum atomic E-state index is -2.72. The summed E-state index contributed by atoms with van der Waals surface area (Å²) in [7, 11) is 3.44. The van der Waals surface area contributed by atoms with Crippen LogP contribution in [-0.4, -0.2) is 29.1 Å². The molecule has 1 unspecified atom stereocenters. The SMILES string of the molecule is COC(C)c1nc(CN(C)c2nc(C(F)F)nc3ccccc23)cs1. The van der Waals surface area contributed by atoms with Gasteiger partial charge in [0.2, 0.25) is 0 Å². The summed E-state index contributed by atoms with van der Waals surface area (Å²) in [5, 5.41) is 3.56. The summed E-state index contributed by atoms with van der Waals surface area (Å²) in [6.07, 6.45) is -2.79. The standard InChI is InChI=1S/C17H18F2N4OS/c1-10(24-3)17-20-11(9-25-17)8-23(2)16-12-6-4-5-7-13(12)21-15(22-16)14(18)19/h4-7,9-10,14H,8H2,1-3H3. The number of ether oxygens (including phenoxy) is 1. The lowest BCUT2D eigenvalue weighted by molar-refractivity contribution is 0.119. The second-order valence-corrected chi connectivity index (χ2v) is 6.52. The topological polar surface area (TPSA) is 51.1 Å². The Morgan fingerprint density at radius 3 is 2.68 bits per heavy atom. The van der Waals surface area contributed by atoms with Gasteiger partial charge in [-0.2, -0.15) is 0 Å². The Hall–Kier alpha value is -2.19. The number of methoxy groups -OCH3 is 1. The Bertz CT molecular complexity index is 871. The van der Waals surface area contributed by atoms with Crippen molar-refractivity contribution in [1.82, 2.24) is 15.0 Å². The molecule has 25 heavy (non-hydrogen) atoms. The van der Waals surface area contributed by atoms with E-state index in [0.29, 0.717) is 17.9 Å². The molecule has 2 heterocycles. The van der Waals surface area contributed by atoms with Crippen molar-refractivity contribution in [3.8, 4) is 0 Å². The molecule has 0 fully saturated rings. The molecule has 3 rings (SSSR count). The van der Waals surface area contributed by atoms with E-state index in [4.69, 9.17) is 4.74 Å². The highest BCUT2D eigenvalue weighted by Crippen LogP contribution is 2.28. The van der Waals surface area contributed by atoms with Crippen LogP contribution in [0.4, 0.5) is 14.6 Å². The van der Waals surface area contributed by atoms with Gasteiger partial charge < -0.3 is 9.64 Å². The van der Waals surface area contributed by atoms with Gasteiger partial charge in [0.25, 0.3) is 6.43 Å². The molecule has 0 amide bonds. The molecule has 3 aromatic rings. The van der Waals surface area contributed by atoms with Crippen molar-refractivity contribution in [2.24, 2.45) is 0 Å². The number of alkyl halides is 2. The molecule has 0 saturated heterocycles. The predicted octanol–water partition coefficient (Wildman–Crippen LogP) is 4.37. The van der Waals surface area contributed by atoms with Gasteiger partial charge >= 0.3 is 0 Å². The van der Waals surface area contributed by atoms with Crippen molar-refractivity contribution in [3.05, 3.63) is 46.2 Å². The molecule has 8 heteroatoms. The molecular formula is C17H18F2N4OS. The Labute approximate surface area is 148 Å². The summed E-state index contributed by atoms with van der Waals surface area (Å²) in [5.41, 5.74) is 1.34. The minimum absolute atomic E-state index is 0.0747. The first-order valence-electron chi connectivity index (χ1n) is 7.72. The first-order chi connectivity index (χ1) is 12.0. The van der Waals surface area contributed by atoms with Crippen molar-refractivity contribution >= 4 is 28.1 Å². The summed E-state index contributed by atoms with van der Waals surface area (Å²) < 4.78 is 31.5. The highest BCUT2D eigenvalue weighted by molar-refractivity contribution is 7.09. The molecule has 0 radical (unpaired) electrons. The van der Waals surface area contributed by atoms with Gasteiger partial charge in [-0.15, -0.1) is 11.3 Å². The number of nitrogens with zero attached hydrogens (tertiary/aromatic N) is 4. The summed E-state index contributed by atoms with van der Waals surface area (Å²) in [4.78, 5) is 14.4. The molecule has 0 aliphatic heterocycles. The van der Waals surface area contributed by atoms with Crippen LogP contribution >= 0.6 is 11.3 Å². The average molecular weight is 364 g/mol. The van der Waals surface area contributed by atoms with Crippen LogP contribution in [0.15, 0.2) is 29.6 Å². The fraction of sp³-hybridized carbons (Fsp3) is 0.353. The number of thiazole rings is 1. The van der Waals surface area contributed by atoms with E-state index in [2.05, 4.69) is 15.0 Å². The quantitative estimate of drug-likeness (QED) is 0.650. The Morgan fingerprint density at radius 1 is 1.20 bits per heavy atom. The number of anilines is 1. The van der Waals surface area contributed by atoms with Crippen molar-refractivity contribution < 1.29 is 13.5 Å². The van der Waals surface area contributed by atoms with Crippen LogP contribution in [0.25, 0.3) is 10.9 Å². The highest BCUT2D eigenvalue weighted by Gasteiger charge is 2.18. The number of benzene rings is 1. The molecule has 0 aliphatic carbocycles. The molecule has 1 atom stereocenters. The van der Waals surface area contributed by atoms with Gasteiger partial charge in [-0.1, -0.05) is 12.1 Å². The summed E-state index contributed by atoms with van der Waals surface area (Å²) >= 11 is 1.52. The third kappa shape index (κ3) is 3.74. The molecule has 0 saturated carbocycles. The summed E-state index contributed by atoms with van der Waals surface area (Å²) in [6.45, 7) is 2.38. The molecule has 0 N–H and O–H groups in total. The van der Waals surface area contributed by atoms with E-state index in [0.717, 1.165) is 16.1 Å². The van der Waals surface area contributed by atoms with Gasteiger partial charge in [-0.05, 0) is 19.1 Å². The lowest BCUT2D eigenvalue weighted by Crippen LogP contribution is -2.19. The number of para-hydroxylation sites is 1. The fourth-order valence-corrected chi connectivity index (χ4v) is 3.31. The van der Waals surface area contributed by atoms with E-state index in [1.54, 1.807) is 19.2 Å². The Kier molecular flexibility index (Phi) is 5.19. The third-order valence-electron chi connectivity index (χ3n) is 3.83. The second-order valence-electron chi connectivity index (χ2n) is 5.63. The molecule has 132 valence electrons. The normalized spacial score (nSPS) is 12.7. The van der Waals surface area contributed by atoms with Crippen LogP contribution in [-0.2, 0) is 11.3 Å². The van der Waals surface area contributed by atoms with Crippen LogP contribution in [0, 0.1) is 0 Å². The predicted molar refractivity (Wildman–Crippen MR) is 94.1 cm³/mol. The zero-order valence-electron chi connectivity index (χ0n) is 14.1. The zero-order valence-corrected chi connectivity index (χ0v) is 14.9. The maximum atomic E-state index is 13.1. The number of halogens is 2. The van der Waals surface area contributed by atoms with Crippen LogP contribution in [0.2, 0.25) is 0 Å². The van der Waals surface area contributed by atoms with E-state index in [-0.39, 0.29) is 6.10 Å². The van der Waals surface area contributed by atoms with Gasteiger partial charge in [0.05, 0.1) is 17.8 Å². The molecule has 1 aromatic carbocycles.